The van der Waals surface area contributed by atoms with Crippen molar-refractivity contribution in [2.24, 2.45) is 0 Å². The quantitative estimate of drug-likeness (QED) is 0.244. The van der Waals surface area contributed by atoms with Gasteiger partial charge in [0.1, 0.15) is 0 Å². The van der Waals surface area contributed by atoms with Gasteiger partial charge >= 0.3 is 0 Å². The summed E-state index contributed by atoms with van der Waals surface area (Å²) in [5.74, 6) is 0. The summed E-state index contributed by atoms with van der Waals surface area (Å²) >= 11 is 1.91. The average Bonchev–Trinajstić information content (AvgIpc) is 3.37. The van der Waals surface area contributed by atoms with Gasteiger partial charge in [0.15, 0.2) is 0 Å². The molecule has 5 rings (SSSR count). The summed E-state index contributed by atoms with van der Waals surface area (Å²) in [5, 5.41) is 0. The Bertz CT molecular complexity index is 1450. The van der Waals surface area contributed by atoms with E-state index in [0.29, 0.717) is 0 Å². The SMILES string of the molecule is Cc1c(C)c(-c2ccc(-c3c(C)c(C)c(-c4ccncc4)c(C)c3C)s2)c(C)c(C)c1-c1ccncc1. The highest BCUT2D eigenvalue weighted by Crippen LogP contribution is 2.46. The fraction of sp³-hybridized carbons (Fsp3) is 0.235. The van der Waals surface area contributed by atoms with E-state index in [1.54, 1.807) is 0 Å². The number of pyridine rings is 2. The molecule has 0 fully saturated rings. The van der Waals surface area contributed by atoms with Crippen molar-refractivity contribution in [1.82, 2.24) is 9.97 Å². The third-order valence-corrected chi connectivity index (χ3v) is 9.41. The van der Waals surface area contributed by atoms with Crippen molar-refractivity contribution < 1.29 is 0 Å². The summed E-state index contributed by atoms with van der Waals surface area (Å²) in [4.78, 5) is 11.1. The molecule has 0 aliphatic carbocycles. The molecule has 3 heterocycles. The van der Waals surface area contributed by atoms with Gasteiger partial charge in [0, 0.05) is 34.5 Å². The van der Waals surface area contributed by atoms with Gasteiger partial charge in [0.2, 0.25) is 0 Å². The molecule has 186 valence electrons. The van der Waals surface area contributed by atoms with Crippen LogP contribution >= 0.6 is 11.3 Å². The van der Waals surface area contributed by atoms with E-state index in [-0.39, 0.29) is 0 Å². The largest absolute Gasteiger partial charge is 0.265 e. The topological polar surface area (TPSA) is 25.8 Å². The van der Waals surface area contributed by atoms with E-state index in [1.165, 1.54) is 87.6 Å². The Labute approximate surface area is 225 Å². The molecule has 0 atom stereocenters. The van der Waals surface area contributed by atoms with Crippen LogP contribution in [0.15, 0.2) is 61.2 Å². The first-order valence-electron chi connectivity index (χ1n) is 12.8. The molecule has 0 N–H and O–H groups in total. The zero-order valence-electron chi connectivity index (χ0n) is 23.1. The summed E-state index contributed by atoms with van der Waals surface area (Å²) in [6.07, 6.45) is 7.53. The molecule has 0 saturated carbocycles. The molecule has 0 spiro atoms. The van der Waals surface area contributed by atoms with Gasteiger partial charge in [-0.05, 0) is 170 Å². The van der Waals surface area contributed by atoms with E-state index in [4.69, 9.17) is 0 Å². The lowest BCUT2D eigenvalue weighted by Gasteiger charge is -2.21. The molecule has 3 heteroatoms. The molecule has 2 nitrogen and oxygen atoms in total. The zero-order chi connectivity index (χ0) is 26.4. The Morgan fingerprint density at radius 1 is 0.378 bits per heavy atom. The van der Waals surface area contributed by atoms with Gasteiger partial charge in [0.25, 0.3) is 0 Å². The highest BCUT2D eigenvalue weighted by molar-refractivity contribution is 7.18. The van der Waals surface area contributed by atoms with Gasteiger partial charge in [-0.3, -0.25) is 9.97 Å². The Morgan fingerprint density at radius 3 is 0.946 bits per heavy atom. The molecular weight excluding hydrogens is 468 g/mol. The summed E-state index contributed by atoms with van der Waals surface area (Å²) in [5.41, 5.74) is 18.7. The Morgan fingerprint density at radius 2 is 0.649 bits per heavy atom. The molecule has 0 aliphatic rings. The predicted molar refractivity (Wildman–Crippen MR) is 160 cm³/mol. The Hall–Kier alpha value is -3.56. The number of benzene rings is 2. The van der Waals surface area contributed by atoms with Crippen molar-refractivity contribution in [3.8, 4) is 43.1 Å². The first kappa shape index (κ1) is 25.1. The normalized spacial score (nSPS) is 11.2. The summed E-state index contributed by atoms with van der Waals surface area (Å²) in [6, 6.07) is 13.1. The monoisotopic (exact) mass is 502 g/mol. The van der Waals surface area contributed by atoms with Crippen LogP contribution in [0.2, 0.25) is 0 Å². The van der Waals surface area contributed by atoms with Crippen molar-refractivity contribution in [2.45, 2.75) is 55.4 Å². The fourth-order valence-corrected chi connectivity index (χ4v) is 7.20. The molecule has 3 aromatic heterocycles. The standard InChI is InChI=1S/C34H34N2S/c1-19-23(5)33(24(6)20(2)31(19)27-11-15-35-16-12-27)29-9-10-30(37-29)34-25(7)21(3)32(22(4)26(34)8)28-13-17-36-18-14-28/h9-18H,1-8H3. The van der Waals surface area contributed by atoms with E-state index in [2.05, 4.69) is 102 Å². The number of aromatic nitrogens is 2. The van der Waals surface area contributed by atoms with Gasteiger partial charge in [-0.25, -0.2) is 0 Å². The maximum atomic E-state index is 4.22. The van der Waals surface area contributed by atoms with E-state index in [0.717, 1.165) is 0 Å². The third-order valence-electron chi connectivity index (χ3n) is 8.29. The Kier molecular flexibility index (Phi) is 6.59. The van der Waals surface area contributed by atoms with Crippen molar-refractivity contribution in [1.29, 1.82) is 0 Å². The molecule has 0 radical (unpaired) electrons. The minimum Gasteiger partial charge on any atom is -0.265 e. The van der Waals surface area contributed by atoms with Crippen LogP contribution in [-0.2, 0) is 0 Å². The van der Waals surface area contributed by atoms with Crippen molar-refractivity contribution in [3.63, 3.8) is 0 Å². The molecule has 2 aromatic carbocycles. The van der Waals surface area contributed by atoms with Gasteiger partial charge in [-0.15, -0.1) is 11.3 Å². The number of nitrogens with zero attached hydrogens (tertiary/aromatic N) is 2. The van der Waals surface area contributed by atoms with Gasteiger partial charge < -0.3 is 0 Å². The lowest BCUT2D eigenvalue weighted by molar-refractivity contribution is 1.24. The van der Waals surface area contributed by atoms with Crippen LogP contribution in [0, 0.1) is 55.4 Å². The minimum absolute atomic E-state index is 1.24. The maximum absolute atomic E-state index is 4.22. The molecular formula is C34H34N2S. The zero-order valence-corrected chi connectivity index (χ0v) is 23.9. The number of hydrogen-bond donors (Lipinski definition) is 0. The van der Waals surface area contributed by atoms with Crippen LogP contribution in [0.5, 0.6) is 0 Å². The second-order valence-electron chi connectivity index (χ2n) is 10.1. The van der Waals surface area contributed by atoms with Crippen LogP contribution in [0.4, 0.5) is 0 Å². The fourth-order valence-electron chi connectivity index (χ4n) is 5.87. The lowest BCUT2D eigenvalue weighted by Crippen LogP contribution is -1.99. The van der Waals surface area contributed by atoms with Crippen molar-refractivity contribution >= 4 is 11.3 Å². The van der Waals surface area contributed by atoms with Crippen LogP contribution in [0.3, 0.4) is 0 Å². The smallest absolute Gasteiger partial charge is 0.0354 e. The minimum atomic E-state index is 1.24. The molecule has 0 unspecified atom stereocenters. The number of hydrogen-bond acceptors (Lipinski definition) is 3. The van der Waals surface area contributed by atoms with E-state index >= 15 is 0 Å². The van der Waals surface area contributed by atoms with Crippen LogP contribution in [0.1, 0.15) is 44.5 Å². The van der Waals surface area contributed by atoms with Gasteiger partial charge in [-0.1, -0.05) is 0 Å². The summed E-state index contributed by atoms with van der Waals surface area (Å²) in [7, 11) is 0. The second-order valence-corrected chi connectivity index (χ2v) is 11.2. The molecule has 0 aliphatic heterocycles. The van der Waals surface area contributed by atoms with E-state index < -0.39 is 0 Å². The Balaban J connectivity index is 1.65. The highest BCUT2D eigenvalue weighted by Gasteiger charge is 2.21. The lowest BCUT2D eigenvalue weighted by atomic mass is 9.85. The second kappa shape index (κ2) is 9.72. The summed E-state index contributed by atoms with van der Waals surface area (Å²) in [6.45, 7) is 18.1. The van der Waals surface area contributed by atoms with Crippen LogP contribution in [-0.4, -0.2) is 9.97 Å². The van der Waals surface area contributed by atoms with Crippen molar-refractivity contribution in [2.75, 3.05) is 0 Å². The third kappa shape index (κ3) is 4.12. The molecule has 0 amide bonds. The maximum Gasteiger partial charge on any atom is 0.0354 e. The van der Waals surface area contributed by atoms with Crippen LogP contribution in [0.25, 0.3) is 43.1 Å². The van der Waals surface area contributed by atoms with E-state index in [1.807, 2.05) is 36.1 Å². The first-order chi connectivity index (χ1) is 17.7. The van der Waals surface area contributed by atoms with E-state index in [9.17, 15) is 0 Å². The van der Waals surface area contributed by atoms with Gasteiger partial charge in [0.05, 0.1) is 0 Å². The molecule has 5 aromatic rings. The van der Waals surface area contributed by atoms with Crippen LogP contribution < -0.4 is 0 Å². The molecule has 0 bridgehead atoms. The number of rotatable bonds is 4. The summed E-state index contributed by atoms with van der Waals surface area (Å²) < 4.78 is 0. The first-order valence-corrected chi connectivity index (χ1v) is 13.7. The molecule has 0 saturated heterocycles. The van der Waals surface area contributed by atoms with Crippen molar-refractivity contribution in [3.05, 3.63) is 106 Å². The average molecular weight is 503 g/mol. The number of thiophene rings is 1. The predicted octanol–water partition coefficient (Wildman–Crippen LogP) is 9.67. The molecule has 37 heavy (non-hydrogen) atoms. The van der Waals surface area contributed by atoms with Gasteiger partial charge in [-0.2, -0.15) is 0 Å². The highest BCUT2D eigenvalue weighted by atomic mass is 32.1.